The van der Waals surface area contributed by atoms with Crippen LogP contribution < -0.4 is 5.32 Å². The standard InChI is InChI=1S/C79H151NO5/c1-3-5-7-9-11-13-15-17-19-21-37-41-45-49-53-57-61-65-69-73-79(84)85-74-70-66-62-58-54-50-46-42-39-36-34-32-30-28-26-24-22-23-25-27-29-31-33-35-38-40-44-48-52-56-60-64-68-72-78(83)80-76(75-81)77(82)71-67-63-59-55-51-47-43-20-18-16-14-12-10-8-6-4-2/h17,19,26,28,67,71,76-77,81-82H,3-16,18,20-25,27,29-66,68-70,72-75H2,1-2H3,(H,80,83)/b19-17-,28-26-,71-67+. The number of esters is 1. The van der Waals surface area contributed by atoms with E-state index in [1.54, 1.807) is 6.08 Å². The quantitative estimate of drug-likeness (QED) is 0.0320. The Hall–Kier alpha value is -1.92. The zero-order chi connectivity index (χ0) is 61.3. The molecule has 85 heavy (non-hydrogen) atoms. The van der Waals surface area contributed by atoms with E-state index >= 15 is 0 Å². The molecule has 0 heterocycles. The van der Waals surface area contributed by atoms with Crippen molar-refractivity contribution in [3.8, 4) is 0 Å². The van der Waals surface area contributed by atoms with E-state index in [-0.39, 0.29) is 18.5 Å². The average molecular weight is 1200 g/mol. The van der Waals surface area contributed by atoms with Crippen molar-refractivity contribution in [3.63, 3.8) is 0 Å². The molecule has 2 unspecified atom stereocenters. The van der Waals surface area contributed by atoms with E-state index in [4.69, 9.17) is 4.74 Å². The minimum Gasteiger partial charge on any atom is -0.466 e. The van der Waals surface area contributed by atoms with Crippen molar-refractivity contribution in [1.82, 2.24) is 5.32 Å². The number of ether oxygens (including phenoxy) is 1. The Morgan fingerprint density at radius 3 is 0.835 bits per heavy atom. The molecule has 2 atom stereocenters. The van der Waals surface area contributed by atoms with E-state index < -0.39 is 12.1 Å². The maximum atomic E-state index is 12.5. The molecule has 0 aliphatic carbocycles. The number of hydrogen-bond acceptors (Lipinski definition) is 5. The van der Waals surface area contributed by atoms with Gasteiger partial charge in [0.1, 0.15) is 0 Å². The van der Waals surface area contributed by atoms with E-state index in [1.165, 1.54) is 366 Å². The highest BCUT2D eigenvalue weighted by Gasteiger charge is 2.18. The first-order valence-electron chi connectivity index (χ1n) is 38.8. The van der Waals surface area contributed by atoms with Gasteiger partial charge in [0.05, 0.1) is 25.4 Å². The first kappa shape index (κ1) is 83.1. The number of rotatable bonds is 73. The highest BCUT2D eigenvalue weighted by atomic mass is 16.5. The third-order valence-electron chi connectivity index (χ3n) is 18.1. The minimum atomic E-state index is -0.842. The van der Waals surface area contributed by atoms with Crippen molar-refractivity contribution in [2.24, 2.45) is 0 Å². The van der Waals surface area contributed by atoms with Crippen LogP contribution in [-0.2, 0) is 14.3 Å². The van der Waals surface area contributed by atoms with Gasteiger partial charge in [-0.1, -0.05) is 371 Å². The van der Waals surface area contributed by atoms with Crippen LogP contribution >= 0.6 is 0 Å². The van der Waals surface area contributed by atoms with Crippen LogP contribution in [0.1, 0.15) is 431 Å². The molecule has 0 spiro atoms. The Morgan fingerprint density at radius 2 is 0.553 bits per heavy atom. The molecule has 0 saturated heterocycles. The molecule has 0 saturated carbocycles. The Kier molecular flexibility index (Phi) is 72.9. The van der Waals surface area contributed by atoms with Gasteiger partial charge in [0.2, 0.25) is 5.91 Å². The van der Waals surface area contributed by atoms with Gasteiger partial charge >= 0.3 is 5.97 Å². The van der Waals surface area contributed by atoms with Gasteiger partial charge in [-0.15, -0.1) is 0 Å². The van der Waals surface area contributed by atoms with Crippen molar-refractivity contribution in [1.29, 1.82) is 0 Å². The maximum absolute atomic E-state index is 12.5. The normalized spacial score (nSPS) is 12.7. The molecule has 6 nitrogen and oxygen atoms in total. The molecule has 1 amide bonds. The van der Waals surface area contributed by atoms with E-state index in [0.29, 0.717) is 19.4 Å². The summed E-state index contributed by atoms with van der Waals surface area (Å²) in [5.41, 5.74) is 0. The first-order chi connectivity index (χ1) is 42.0. The predicted octanol–water partition coefficient (Wildman–Crippen LogP) is 25.4. The summed E-state index contributed by atoms with van der Waals surface area (Å²) in [6.45, 7) is 4.94. The molecule has 0 aromatic heterocycles. The SMILES string of the molecule is CCCCCCCC/C=C\CCCCCCCCCCCC(=O)OCCCCCCCCCCCCCC/C=C\CCCCCCCCCCCCCCCCCCCC(=O)NC(CO)C(O)/C=C/CCCCCCCCCCCCCCCC. The summed E-state index contributed by atoms with van der Waals surface area (Å²) in [7, 11) is 0. The number of unbranched alkanes of at least 4 members (excludes halogenated alkanes) is 58. The van der Waals surface area contributed by atoms with Crippen LogP contribution in [0.15, 0.2) is 36.5 Å². The molecular formula is C79H151NO5. The lowest BCUT2D eigenvalue weighted by Gasteiger charge is -2.20. The van der Waals surface area contributed by atoms with Gasteiger partial charge in [-0.25, -0.2) is 0 Å². The number of allylic oxidation sites excluding steroid dienone is 5. The fraction of sp³-hybridized carbons (Fsp3) is 0.899. The summed E-state index contributed by atoms with van der Waals surface area (Å²) in [6, 6.07) is -0.626. The zero-order valence-corrected chi connectivity index (χ0v) is 57.6. The van der Waals surface area contributed by atoms with Crippen LogP contribution in [0.3, 0.4) is 0 Å². The van der Waals surface area contributed by atoms with Gasteiger partial charge in [0.25, 0.3) is 0 Å². The lowest BCUT2D eigenvalue weighted by atomic mass is 10.0. The summed E-state index contributed by atoms with van der Waals surface area (Å²) in [5.74, 6) is -0.0432. The number of aliphatic hydroxyl groups excluding tert-OH is 2. The van der Waals surface area contributed by atoms with Gasteiger partial charge in [0, 0.05) is 12.8 Å². The number of carbonyl (C=O) groups excluding carboxylic acids is 2. The third-order valence-corrected chi connectivity index (χ3v) is 18.1. The zero-order valence-electron chi connectivity index (χ0n) is 57.6. The van der Waals surface area contributed by atoms with Crippen molar-refractivity contribution < 1.29 is 24.5 Å². The fourth-order valence-corrected chi connectivity index (χ4v) is 12.2. The van der Waals surface area contributed by atoms with Gasteiger partial charge in [-0.2, -0.15) is 0 Å². The number of hydrogen-bond donors (Lipinski definition) is 3. The molecule has 0 radical (unpaired) electrons. The Labute approximate surface area is 532 Å². The summed E-state index contributed by atoms with van der Waals surface area (Å²) in [5, 5.41) is 23.2. The Morgan fingerprint density at radius 1 is 0.318 bits per heavy atom. The highest BCUT2D eigenvalue weighted by Crippen LogP contribution is 2.19. The third kappa shape index (κ3) is 71.0. The van der Waals surface area contributed by atoms with Crippen LogP contribution in [0.2, 0.25) is 0 Å². The lowest BCUT2D eigenvalue weighted by Crippen LogP contribution is -2.45. The van der Waals surface area contributed by atoms with E-state index in [1.807, 2.05) is 6.08 Å². The van der Waals surface area contributed by atoms with Crippen molar-refractivity contribution in [3.05, 3.63) is 36.5 Å². The van der Waals surface area contributed by atoms with Crippen molar-refractivity contribution >= 4 is 11.9 Å². The van der Waals surface area contributed by atoms with Gasteiger partial charge < -0.3 is 20.3 Å². The highest BCUT2D eigenvalue weighted by molar-refractivity contribution is 5.76. The smallest absolute Gasteiger partial charge is 0.305 e. The number of carbonyl (C=O) groups is 2. The number of amides is 1. The molecule has 3 N–H and O–H groups in total. The predicted molar refractivity (Wildman–Crippen MR) is 375 cm³/mol. The number of aliphatic hydroxyl groups is 2. The molecule has 0 aromatic carbocycles. The van der Waals surface area contributed by atoms with Crippen molar-refractivity contribution in [2.75, 3.05) is 13.2 Å². The molecular weight excluding hydrogens is 1040 g/mol. The van der Waals surface area contributed by atoms with Crippen LogP contribution in [0.5, 0.6) is 0 Å². The Balaban J connectivity index is 3.35. The van der Waals surface area contributed by atoms with Crippen LogP contribution in [0.25, 0.3) is 0 Å². The van der Waals surface area contributed by atoms with Crippen LogP contribution in [0.4, 0.5) is 0 Å². The molecule has 0 aliphatic rings. The number of nitrogens with one attached hydrogen (secondary N) is 1. The van der Waals surface area contributed by atoms with Crippen molar-refractivity contribution in [2.45, 2.75) is 443 Å². The summed E-state index contributed by atoms with van der Waals surface area (Å²) in [4.78, 5) is 24.6. The second kappa shape index (κ2) is 74.5. The lowest BCUT2D eigenvalue weighted by molar-refractivity contribution is -0.143. The van der Waals surface area contributed by atoms with Gasteiger partial charge in [0.15, 0.2) is 0 Å². The summed E-state index contributed by atoms with van der Waals surface area (Å²) in [6.07, 6.45) is 96.9. The average Bonchev–Trinajstić information content (AvgIpc) is 3.51. The van der Waals surface area contributed by atoms with Gasteiger partial charge in [-0.3, -0.25) is 9.59 Å². The van der Waals surface area contributed by atoms with Crippen LogP contribution in [-0.4, -0.2) is 47.4 Å². The second-order valence-corrected chi connectivity index (χ2v) is 26.7. The summed E-state index contributed by atoms with van der Waals surface area (Å²) < 4.78 is 5.52. The molecule has 0 rings (SSSR count). The minimum absolute atomic E-state index is 0.0187. The monoisotopic (exact) mass is 1190 g/mol. The largest absolute Gasteiger partial charge is 0.466 e. The molecule has 6 heteroatoms. The van der Waals surface area contributed by atoms with Gasteiger partial charge in [-0.05, 0) is 83.5 Å². The molecule has 0 aromatic rings. The molecule has 0 aliphatic heterocycles. The molecule has 0 fully saturated rings. The topological polar surface area (TPSA) is 95.9 Å². The first-order valence-corrected chi connectivity index (χ1v) is 38.8. The van der Waals surface area contributed by atoms with E-state index in [2.05, 4.69) is 43.5 Å². The van der Waals surface area contributed by atoms with E-state index in [0.717, 1.165) is 38.5 Å². The molecule has 502 valence electrons. The van der Waals surface area contributed by atoms with Crippen LogP contribution in [0, 0.1) is 0 Å². The molecule has 0 bridgehead atoms. The Bertz CT molecular complexity index is 1380. The summed E-state index contributed by atoms with van der Waals surface area (Å²) >= 11 is 0. The maximum Gasteiger partial charge on any atom is 0.305 e. The second-order valence-electron chi connectivity index (χ2n) is 26.7. The fourth-order valence-electron chi connectivity index (χ4n) is 12.2. The van der Waals surface area contributed by atoms with E-state index in [9.17, 15) is 19.8 Å².